The molecule has 2 aromatic heterocycles. The summed E-state index contributed by atoms with van der Waals surface area (Å²) in [6, 6.07) is 3.76. The van der Waals surface area contributed by atoms with Crippen LogP contribution in [0.25, 0.3) is 11.7 Å². The number of hydrogen-bond donors (Lipinski definition) is 0. The van der Waals surface area contributed by atoms with Crippen LogP contribution >= 0.6 is 24.0 Å². The lowest BCUT2D eigenvalue weighted by atomic mass is 10.2. The minimum atomic E-state index is -0.195. The first kappa shape index (κ1) is 21.0. The summed E-state index contributed by atoms with van der Waals surface area (Å²) < 4.78 is 7.54. The number of hydrogen-bond acceptors (Lipinski definition) is 7. The summed E-state index contributed by atoms with van der Waals surface area (Å²) in [5.41, 5.74) is 1.75. The molecule has 7 nitrogen and oxygen atoms in total. The average molecular weight is 445 g/mol. The maximum atomic E-state index is 13.4. The maximum absolute atomic E-state index is 13.4. The van der Waals surface area contributed by atoms with Crippen molar-refractivity contribution in [3.63, 3.8) is 0 Å². The Labute approximate surface area is 184 Å². The van der Waals surface area contributed by atoms with Gasteiger partial charge in [0, 0.05) is 25.8 Å². The number of aromatic nitrogens is 2. The summed E-state index contributed by atoms with van der Waals surface area (Å²) in [5, 5.41) is 0. The summed E-state index contributed by atoms with van der Waals surface area (Å²) in [6.07, 6.45) is 3.37. The molecule has 0 radical (unpaired) electrons. The van der Waals surface area contributed by atoms with Gasteiger partial charge in [0.25, 0.3) is 11.5 Å². The van der Waals surface area contributed by atoms with E-state index in [0.29, 0.717) is 65.0 Å². The van der Waals surface area contributed by atoms with E-state index < -0.39 is 0 Å². The number of carbonyl (C=O) groups is 1. The fourth-order valence-electron chi connectivity index (χ4n) is 3.60. The zero-order chi connectivity index (χ0) is 21.4. The number of thiocarbonyl (C=S) groups is 1. The predicted molar refractivity (Wildman–Crippen MR) is 124 cm³/mol. The topological polar surface area (TPSA) is 67.2 Å². The molecule has 1 amide bonds. The number of aryl methyl sites for hydroxylation is 1. The summed E-state index contributed by atoms with van der Waals surface area (Å²) >= 11 is 6.66. The van der Waals surface area contributed by atoms with Gasteiger partial charge in [0.2, 0.25) is 0 Å². The van der Waals surface area contributed by atoms with Crippen molar-refractivity contribution in [3.05, 3.63) is 44.7 Å². The van der Waals surface area contributed by atoms with Gasteiger partial charge in [0.05, 0.1) is 23.7 Å². The maximum Gasteiger partial charge on any atom is 0.267 e. The van der Waals surface area contributed by atoms with Crippen LogP contribution < -0.4 is 10.5 Å². The van der Waals surface area contributed by atoms with Crippen LogP contribution in [0.2, 0.25) is 0 Å². The number of ether oxygens (including phenoxy) is 1. The lowest BCUT2D eigenvalue weighted by Crippen LogP contribution is -2.38. The van der Waals surface area contributed by atoms with E-state index in [9.17, 15) is 9.59 Å². The summed E-state index contributed by atoms with van der Waals surface area (Å²) in [6.45, 7) is 9.01. The van der Waals surface area contributed by atoms with Crippen molar-refractivity contribution in [2.24, 2.45) is 5.92 Å². The second-order valence-corrected chi connectivity index (χ2v) is 9.50. The van der Waals surface area contributed by atoms with Crippen LogP contribution in [0.1, 0.15) is 25.0 Å². The fourth-order valence-corrected chi connectivity index (χ4v) is 4.85. The van der Waals surface area contributed by atoms with Crippen molar-refractivity contribution < 1.29 is 9.53 Å². The van der Waals surface area contributed by atoms with E-state index in [-0.39, 0.29) is 11.5 Å². The van der Waals surface area contributed by atoms with Crippen LogP contribution in [0, 0.1) is 12.8 Å². The van der Waals surface area contributed by atoms with Gasteiger partial charge in [-0.25, -0.2) is 4.98 Å². The number of carbonyl (C=O) groups excluding carboxylic acids is 1. The zero-order valence-corrected chi connectivity index (χ0v) is 18.9. The Bertz CT molecular complexity index is 1100. The normalized spacial score (nSPS) is 19.0. The van der Waals surface area contributed by atoms with Gasteiger partial charge in [0.1, 0.15) is 15.8 Å². The number of nitrogens with zero attached hydrogens (tertiary/aromatic N) is 4. The standard InChI is InChI=1S/C21H24N4O3S2/c1-13(2)12-25-20(27)16(30-21(25)29)11-15-18(23-7-9-28-10-8-23)22-17-14(3)5-4-6-24(17)19(15)26/h4-6,11,13H,7-10,12H2,1-3H3/b16-11+. The van der Waals surface area contributed by atoms with Gasteiger partial charge >= 0.3 is 0 Å². The van der Waals surface area contributed by atoms with Gasteiger partial charge in [-0.1, -0.05) is 43.9 Å². The Morgan fingerprint density at radius 1 is 1.30 bits per heavy atom. The van der Waals surface area contributed by atoms with Crippen LogP contribution in [0.15, 0.2) is 28.0 Å². The molecule has 0 bridgehead atoms. The highest BCUT2D eigenvalue weighted by Gasteiger charge is 2.33. The lowest BCUT2D eigenvalue weighted by molar-refractivity contribution is -0.122. The van der Waals surface area contributed by atoms with Gasteiger partial charge in [0.15, 0.2) is 0 Å². The molecule has 2 saturated heterocycles. The van der Waals surface area contributed by atoms with Crippen LogP contribution in [0.4, 0.5) is 5.82 Å². The van der Waals surface area contributed by atoms with Gasteiger partial charge in [-0.3, -0.25) is 18.9 Å². The molecule has 4 heterocycles. The minimum absolute atomic E-state index is 0.152. The molecule has 4 rings (SSSR count). The van der Waals surface area contributed by atoms with E-state index in [2.05, 4.69) is 4.90 Å². The van der Waals surface area contributed by atoms with Gasteiger partial charge < -0.3 is 9.64 Å². The van der Waals surface area contributed by atoms with Gasteiger partial charge in [-0.05, 0) is 30.5 Å². The van der Waals surface area contributed by atoms with E-state index in [0.717, 1.165) is 5.56 Å². The van der Waals surface area contributed by atoms with Crippen molar-refractivity contribution in [1.82, 2.24) is 14.3 Å². The molecular formula is C21H24N4O3S2. The number of thioether (sulfide) groups is 1. The van der Waals surface area contributed by atoms with Gasteiger partial charge in [-0.15, -0.1) is 0 Å². The van der Waals surface area contributed by atoms with E-state index in [1.165, 1.54) is 11.8 Å². The molecule has 2 aliphatic heterocycles. The summed E-state index contributed by atoms with van der Waals surface area (Å²) in [5.74, 6) is 0.735. The molecular weight excluding hydrogens is 420 g/mol. The molecule has 0 unspecified atom stereocenters. The minimum Gasteiger partial charge on any atom is -0.378 e. The second-order valence-electron chi connectivity index (χ2n) is 7.82. The predicted octanol–water partition coefficient (Wildman–Crippen LogP) is 2.70. The largest absolute Gasteiger partial charge is 0.378 e. The van der Waals surface area contributed by atoms with E-state index in [1.807, 2.05) is 32.9 Å². The molecule has 0 aliphatic carbocycles. The first-order valence-electron chi connectivity index (χ1n) is 9.97. The first-order valence-corrected chi connectivity index (χ1v) is 11.2. The monoisotopic (exact) mass is 444 g/mol. The number of rotatable bonds is 4. The van der Waals surface area contributed by atoms with E-state index in [1.54, 1.807) is 21.6 Å². The molecule has 0 spiro atoms. The molecule has 2 aromatic rings. The molecule has 30 heavy (non-hydrogen) atoms. The Morgan fingerprint density at radius 2 is 2.03 bits per heavy atom. The molecule has 2 fully saturated rings. The Kier molecular flexibility index (Phi) is 5.95. The highest BCUT2D eigenvalue weighted by Crippen LogP contribution is 2.34. The number of fused-ring (bicyclic) bond motifs is 1. The Hall–Kier alpha value is -2.23. The number of morpholine rings is 1. The third kappa shape index (κ3) is 3.89. The van der Waals surface area contributed by atoms with Crippen molar-refractivity contribution in [1.29, 1.82) is 0 Å². The Balaban J connectivity index is 1.86. The van der Waals surface area contributed by atoms with Crippen LogP contribution in [0.3, 0.4) is 0 Å². The summed E-state index contributed by atoms with van der Waals surface area (Å²) in [4.78, 5) is 35.4. The van der Waals surface area contributed by atoms with Crippen molar-refractivity contribution >= 4 is 51.7 Å². The first-order chi connectivity index (χ1) is 14.4. The fraction of sp³-hybridized carbons (Fsp3) is 0.429. The van der Waals surface area contributed by atoms with Crippen molar-refractivity contribution in [3.8, 4) is 0 Å². The summed E-state index contributed by atoms with van der Waals surface area (Å²) in [7, 11) is 0. The van der Waals surface area contributed by atoms with E-state index in [4.69, 9.17) is 21.9 Å². The quantitative estimate of drug-likeness (QED) is 0.531. The molecule has 9 heteroatoms. The van der Waals surface area contributed by atoms with Crippen LogP contribution in [-0.2, 0) is 9.53 Å². The second kappa shape index (κ2) is 8.49. The van der Waals surface area contributed by atoms with Crippen molar-refractivity contribution in [2.75, 3.05) is 37.7 Å². The number of amides is 1. The van der Waals surface area contributed by atoms with Crippen LogP contribution in [0.5, 0.6) is 0 Å². The highest BCUT2D eigenvalue weighted by molar-refractivity contribution is 8.26. The average Bonchev–Trinajstić information content (AvgIpc) is 2.98. The molecule has 0 saturated carbocycles. The third-order valence-electron chi connectivity index (χ3n) is 5.07. The van der Waals surface area contributed by atoms with E-state index >= 15 is 0 Å². The lowest BCUT2D eigenvalue weighted by Gasteiger charge is -2.29. The molecule has 158 valence electrons. The number of pyridine rings is 1. The third-order valence-corrected chi connectivity index (χ3v) is 6.45. The Morgan fingerprint density at radius 3 is 2.73 bits per heavy atom. The van der Waals surface area contributed by atoms with Gasteiger partial charge in [-0.2, -0.15) is 0 Å². The zero-order valence-electron chi connectivity index (χ0n) is 17.3. The van der Waals surface area contributed by atoms with Crippen LogP contribution in [-0.4, -0.2) is 57.4 Å². The smallest absolute Gasteiger partial charge is 0.267 e. The SMILES string of the molecule is Cc1cccn2c(=O)c(/C=C3/SC(=S)N(CC(C)C)C3=O)c(N3CCOCC3)nc12. The molecule has 0 N–H and O–H groups in total. The highest BCUT2D eigenvalue weighted by atomic mass is 32.2. The molecule has 0 aromatic carbocycles. The molecule has 2 aliphatic rings. The number of anilines is 1. The van der Waals surface area contributed by atoms with Crippen molar-refractivity contribution in [2.45, 2.75) is 20.8 Å². The molecule has 0 atom stereocenters.